The molecule has 0 bridgehead atoms. The number of carbonyl (C=O) groups excluding carboxylic acids is 1. The maximum absolute atomic E-state index is 14.1. The van der Waals surface area contributed by atoms with Crippen molar-refractivity contribution in [3.8, 4) is 17.0 Å². The Morgan fingerprint density at radius 2 is 1.59 bits per heavy atom. The summed E-state index contributed by atoms with van der Waals surface area (Å²) in [6.45, 7) is 1.38. The highest BCUT2D eigenvalue weighted by molar-refractivity contribution is 7.92. The Hall–Kier alpha value is -3.95. The summed E-state index contributed by atoms with van der Waals surface area (Å²) in [5.74, 6) is -2.96. The third kappa shape index (κ3) is 7.83. The Morgan fingerprint density at radius 1 is 0.902 bits per heavy atom. The van der Waals surface area contributed by atoms with Crippen molar-refractivity contribution in [3.63, 3.8) is 0 Å². The van der Waals surface area contributed by atoms with Crippen LogP contribution in [0.1, 0.15) is 20.1 Å². The number of amides is 1. The summed E-state index contributed by atoms with van der Waals surface area (Å²) >= 11 is 1.07. The minimum absolute atomic E-state index is 0.00115. The zero-order valence-corrected chi connectivity index (χ0v) is 24.1. The van der Waals surface area contributed by atoms with Crippen LogP contribution in [0.15, 0.2) is 59.6 Å². The number of ether oxygens (including phenoxy) is 1. The van der Waals surface area contributed by atoms with Gasteiger partial charge in [0, 0.05) is 28.5 Å². The number of sulfone groups is 1. The molecule has 2 aromatic heterocycles. The standard InChI is InChI=1S/C26H22F3N3O6S3/c1-14-22(11-24(39-14)26(33)31-19-6-17(28)7-20(10-19)32-41(3,36)37)25-23(9-18(29)12-30-25)38-13-15-4-16(27)8-21(5-15)40(2,34)35/h4-12,32H,13H2,1-3H3,(H,31,33). The molecule has 15 heteroatoms. The zero-order valence-electron chi connectivity index (χ0n) is 21.7. The van der Waals surface area contributed by atoms with Crippen molar-refractivity contribution in [1.82, 2.24) is 4.98 Å². The highest BCUT2D eigenvalue weighted by Gasteiger charge is 2.20. The number of aromatic nitrogens is 1. The number of rotatable bonds is 9. The van der Waals surface area contributed by atoms with E-state index in [-0.39, 0.29) is 44.8 Å². The molecule has 41 heavy (non-hydrogen) atoms. The van der Waals surface area contributed by atoms with Gasteiger partial charge in [-0.3, -0.25) is 9.52 Å². The summed E-state index contributed by atoms with van der Waals surface area (Å²) in [6, 6.07) is 8.95. The van der Waals surface area contributed by atoms with Gasteiger partial charge in [-0.1, -0.05) is 0 Å². The highest BCUT2D eigenvalue weighted by atomic mass is 32.2. The summed E-state index contributed by atoms with van der Waals surface area (Å²) in [5.41, 5.74) is 0.697. The van der Waals surface area contributed by atoms with Crippen LogP contribution in [0.5, 0.6) is 5.75 Å². The van der Waals surface area contributed by atoms with Crippen molar-refractivity contribution in [1.29, 1.82) is 0 Å². The average Bonchev–Trinajstić information content (AvgIpc) is 3.22. The van der Waals surface area contributed by atoms with Crippen LogP contribution in [-0.4, -0.2) is 40.2 Å². The van der Waals surface area contributed by atoms with E-state index in [0.717, 1.165) is 60.4 Å². The van der Waals surface area contributed by atoms with Crippen molar-refractivity contribution >= 4 is 48.5 Å². The zero-order chi connectivity index (χ0) is 30.1. The van der Waals surface area contributed by atoms with Gasteiger partial charge >= 0.3 is 0 Å². The predicted molar refractivity (Wildman–Crippen MR) is 149 cm³/mol. The van der Waals surface area contributed by atoms with Gasteiger partial charge in [0.25, 0.3) is 5.91 Å². The molecule has 216 valence electrons. The summed E-state index contributed by atoms with van der Waals surface area (Å²) in [4.78, 5) is 17.6. The summed E-state index contributed by atoms with van der Waals surface area (Å²) in [5, 5.41) is 2.51. The molecule has 0 spiro atoms. The van der Waals surface area contributed by atoms with E-state index in [1.54, 1.807) is 6.92 Å². The first-order valence-electron chi connectivity index (χ1n) is 11.6. The number of nitrogens with zero attached hydrogens (tertiary/aromatic N) is 1. The predicted octanol–water partition coefficient (Wildman–Crippen LogP) is 5.14. The molecule has 0 aliphatic heterocycles. The van der Waals surface area contributed by atoms with E-state index in [1.165, 1.54) is 18.2 Å². The Morgan fingerprint density at radius 3 is 2.27 bits per heavy atom. The Bertz CT molecular complexity index is 1880. The Balaban J connectivity index is 1.60. The number of hydrogen-bond donors (Lipinski definition) is 2. The van der Waals surface area contributed by atoms with Crippen LogP contribution in [0.4, 0.5) is 24.5 Å². The fourth-order valence-electron chi connectivity index (χ4n) is 3.77. The Labute approximate surface area is 238 Å². The van der Waals surface area contributed by atoms with Gasteiger partial charge in [0.15, 0.2) is 9.84 Å². The number of carbonyl (C=O) groups is 1. The summed E-state index contributed by atoms with van der Waals surface area (Å²) in [7, 11) is -7.37. The van der Waals surface area contributed by atoms with Crippen molar-refractivity contribution in [2.75, 3.05) is 22.6 Å². The normalized spacial score (nSPS) is 11.8. The molecule has 2 aromatic carbocycles. The molecule has 0 radical (unpaired) electrons. The van der Waals surface area contributed by atoms with Crippen LogP contribution in [0, 0.1) is 24.4 Å². The van der Waals surface area contributed by atoms with Crippen LogP contribution in [0.3, 0.4) is 0 Å². The van der Waals surface area contributed by atoms with Crippen LogP contribution in [-0.2, 0) is 26.5 Å². The average molecular weight is 626 g/mol. The van der Waals surface area contributed by atoms with E-state index in [2.05, 4.69) is 15.0 Å². The molecule has 0 atom stereocenters. The molecule has 4 aromatic rings. The summed E-state index contributed by atoms with van der Waals surface area (Å²) < 4.78 is 96.7. The lowest BCUT2D eigenvalue weighted by molar-refractivity contribution is 0.103. The number of hydrogen-bond acceptors (Lipinski definition) is 8. The second kappa shape index (κ2) is 11.5. The van der Waals surface area contributed by atoms with Crippen LogP contribution >= 0.6 is 11.3 Å². The lowest BCUT2D eigenvalue weighted by Crippen LogP contribution is -2.12. The Kier molecular flexibility index (Phi) is 8.42. The van der Waals surface area contributed by atoms with E-state index in [9.17, 15) is 34.8 Å². The smallest absolute Gasteiger partial charge is 0.265 e. The fraction of sp³-hybridized carbons (Fsp3) is 0.154. The number of aryl methyl sites for hydroxylation is 1. The minimum atomic E-state index is -3.69. The topological polar surface area (TPSA) is 132 Å². The van der Waals surface area contributed by atoms with Gasteiger partial charge in [-0.05, 0) is 55.0 Å². The number of halogens is 3. The third-order valence-electron chi connectivity index (χ3n) is 5.43. The monoisotopic (exact) mass is 625 g/mol. The van der Waals surface area contributed by atoms with E-state index in [1.807, 2.05) is 0 Å². The van der Waals surface area contributed by atoms with E-state index in [0.29, 0.717) is 10.4 Å². The van der Waals surface area contributed by atoms with Gasteiger partial charge in [-0.25, -0.2) is 35.0 Å². The molecule has 4 rings (SSSR count). The number of anilines is 2. The molecule has 0 saturated carbocycles. The molecule has 1 amide bonds. The maximum atomic E-state index is 14.1. The van der Waals surface area contributed by atoms with Gasteiger partial charge in [0.1, 0.15) is 35.5 Å². The van der Waals surface area contributed by atoms with Crippen LogP contribution in [0.25, 0.3) is 11.3 Å². The molecule has 0 aliphatic rings. The second-order valence-corrected chi connectivity index (χ2v) is 14.0. The van der Waals surface area contributed by atoms with Crippen LogP contribution < -0.4 is 14.8 Å². The lowest BCUT2D eigenvalue weighted by Gasteiger charge is -2.12. The molecule has 2 heterocycles. The van der Waals surface area contributed by atoms with Gasteiger partial charge in [0.2, 0.25) is 10.0 Å². The minimum Gasteiger partial charge on any atom is -0.487 e. The van der Waals surface area contributed by atoms with Gasteiger partial charge < -0.3 is 10.1 Å². The lowest BCUT2D eigenvalue weighted by atomic mass is 10.1. The second-order valence-electron chi connectivity index (χ2n) is 8.99. The quantitative estimate of drug-likeness (QED) is 0.263. The number of pyridine rings is 1. The number of nitrogens with one attached hydrogen (secondary N) is 2. The van der Waals surface area contributed by atoms with E-state index in [4.69, 9.17) is 4.74 Å². The van der Waals surface area contributed by atoms with E-state index >= 15 is 0 Å². The first-order chi connectivity index (χ1) is 19.1. The molecular weight excluding hydrogens is 603 g/mol. The molecule has 0 aliphatic carbocycles. The van der Waals surface area contributed by atoms with Crippen LogP contribution in [0.2, 0.25) is 0 Å². The molecule has 9 nitrogen and oxygen atoms in total. The van der Waals surface area contributed by atoms with Crippen molar-refractivity contribution in [2.45, 2.75) is 18.4 Å². The third-order valence-corrected chi connectivity index (χ3v) is 8.18. The summed E-state index contributed by atoms with van der Waals surface area (Å²) in [6.07, 6.45) is 2.79. The van der Waals surface area contributed by atoms with Gasteiger partial charge in [-0.15, -0.1) is 11.3 Å². The van der Waals surface area contributed by atoms with Gasteiger partial charge in [0.05, 0.1) is 27.9 Å². The number of benzene rings is 2. The number of sulfonamides is 1. The molecule has 2 N–H and O–H groups in total. The van der Waals surface area contributed by atoms with Crippen molar-refractivity contribution in [2.24, 2.45) is 0 Å². The molecule has 0 saturated heterocycles. The largest absolute Gasteiger partial charge is 0.487 e. The van der Waals surface area contributed by atoms with Crippen molar-refractivity contribution in [3.05, 3.63) is 87.5 Å². The molecule has 0 fully saturated rings. The fourth-order valence-corrected chi connectivity index (χ4v) is 5.92. The number of thiophene rings is 1. The van der Waals surface area contributed by atoms with Gasteiger partial charge in [-0.2, -0.15) is 0 Å². The molecular formula is C26H22F3N3O6S3. The highest BCUT2D eigenvalue weighted by Crippen LogP contribution is 2.36. The first-order valence-corrected chi connectivity index (χ1v) is 16.2. The first kappa shape index (κ1) is 30.0. The van der Waals surface area contributed by atoms with Crippen molar-refractivity contribution < 1.29 is 39.5 Å². The maximum Gasteiger partial charge on any atom is 0.265 e. The van der Waals surface area contributed by atoms with E-state index < -0.39 is 43.2 Å². The molecule has 0 unspecified atom stereocenters. The SMILES string of the molecule is Cc1sc(C(=O)Nc2cc(F)cc(NS(C)(=O)=O)c2)cc1-c1ncc(F)cc1OCc1cc(F)cc(S(C)(=O)=O)c1.